The van der Waals surface area contributed by atoms with Gasteiger partial charge in [-0.1, -0.05) is 41.5 Å². The van der Waals surface area contributed by atoms with Gasteiger partial charge >= 0.3 is 0 Å². The van der Waals surface area contributed by atoms with Gasteiger partial charge in [0.15, 0.2) is 8.24 Å². The molecule has 0 aliphatic rings. The van der Waals surface area contributed by atoms with E-state index >= 15 is 0 Å². The average molecular weight is 353 g/mol. The van der Waals surface area contributed by atoms with E-state index in [0.717, 1.165) is 9.99 Å². The van der Waals surface area contributed by atoms with E-state index in [-0.39, 0.29) is 0 Å². The van der Waals surface area contributed by atoms with Crippen molar-refractivity contribution in [3.63, 3.8) is 0 Å². The molecule has 0 radical (unpaired) electrons. The Labute approximate surface area is 131 Å². The highest BCUT2D eigenvalue weighted by atomic mass is 79.9. The van der Waals surface area contributed by atoms with Gasteiger partial charge in [0.25, 0.3) is 0 Å². The Balaban J connectivity index is 2.78. The van der Waals surface area contributed by atoms with E-state index in [2.05, 4.69) is 85.0 Å². The smallest absolute Gasteiger partial charge is 0.169 e. The van der Waals surface area contributed by atoms with Crippen LogP contribution in [0.2, 0.25) is 16.6 Å². The monoisotopic (exact) mass is 352 g/mol. The van der Waals surface area contributed by atoms with Gasteiger partial charge in [-0.15, -0.1) is 0 Å². The Morgan fingerprint density at radius 1 is 1.05 bits per heavy atom. The largest absolute Gasteiger partial charge is 0.372 e. The highest BCUT2D eigenvalue weighted by molar-refractivity contribution is 9.10. The first-order valence-electron chi connectivity index (χ1n) is 7.44. The van der Waals surface area contributed by atoms with E-state index in [0.29, 0.717) is 16.6 Å². The lowest BCUT2D eigenvalue weighted by Crippen LogP contribution is -2.51. The Bertz CT molecular complexity index is 580. The fraction of sp³-hybridized carbons (Fsp3) is 0.562. The zero-order valence-electron chi connectivity index (χ0n) is 13.3. The maximum absolute atomic E-state index is 4.55. The van der Waals surface area contributed by atoms with Gasteiger partial charge in [-0.25, -0.2) is 0 Å². The van der Waals surface area contributed by atoms with Crippen molar-refractivity contribution in [1.82, 2.24) is 9.22 Å². The number of hydrogen-bond acceptors (Lipinski definition) is 1. The normalized spacial score (nSPS) is 13.1. The summed E-state index contributed by atoms with van der Waals surface area (Å²) in [5, 5.41) is 0. The van der Waals surface area contributed by atoms with E-state index in [1.165, 1.54) is 5.52 Å². The van der Waals surface area contributed by atoms with E-state index < -0.39 is 8.24 Å². The summed E-state index contributed by atoms with van der Waals surface area (Å²) in [4.78, 5) is 4.55. The van der Waals surface area contributed by atoms with E-state index in [4.69, 9.17) is 0 Å². The Kier molecular flexibility index (Phi) is 4.45. The van der Waals surface area contributed by atoms with Crippen LogP contribution in [0.25, 0.3) is 11.0 Å². The summed E-state index contributed by atoms with van der Waals surface area (Å²) in [6.45, 7) is 14.4. The molecule has 0 saturated carbocycles. The molecule has 0 N–H and O–H groups in total. The zero-order chi connectivity index (χ0) is 15.1. The summed E-state index contributed by atoms with van der Waals surface area (Å²) < 4.78 is 3.66. The first-order chi connectivity index (χ1) is 9.31. The molecule has 4 heteroatoms. The molecule has 0 fully saturated rings. The van der Waals surface area contributed by atoms with Crippen LogP contribution in [0, 0.1) is 0 Å². The van der Waals surface area contributed by atoms with Crippen LogP contribution in [0.15, 0.2) is 29.0 Å². The fourth-order valence-corrected chi connectivity index (χ4v) is 11.1. The molecule has 0 bridgehead atoms. The summed E-state index contributed by atoms with van der Waals surface area (Å²) in [6.07, 6.45) is 4.16. The highest BCUT2D eigenvalue weighted by Gasteiger charge is 2.45. The summed E-state index contributed by atoms with van der Waals surface area (Å²) in [6, 6.07) is 4.38. The third-order valence-electron chi connectivity index (χ3n) is 4.70. The molecule has 0 aliphatic carbocycles. The molecule has 0 aliphatic heterocycles. The second-order valence-electron chi connectivity index (χ2n) is 6.60. The fourth-order valence-electron chi connectivity index (χ4n) is 4.16. The highest BCUT2D eigenvalue weighted by Crippen LogP contribution is 2.44. The lowest BCUT2D eigenvalue weighted by molar-refractivity contribution is 0.773. The predicted molar refractivity (Wildman–Crippen MR) is 93.9 cm³/mol. The summed E-state index contributed by atoms with van der Waals surface area (Å²) in [7, 11) is -1.68. The first kappa shape index (κ1) is 15.8. The molecule has 0 amide bonds. The molecule has 2 aromatic heterocycles. The Morgan fingerprint density at radius 3 is 2.10 bits per heavy atom. The molecule has 2 heterocycles. The van der Waals surface area contributed by atoms with Crippen LogP contribution in [0.4, 0.5) is 0 Å². The quantitative estimate of drug-likeness (QED) is 0.633. The van der Waals surface area contributed by atoms with Gasteiger partial charge in [-0.05, 0) is 50.9 Å². The molecule has 0 unspecified atom stereocenters. The van der Waals surface area contributed by atoms with Crippen LogP contribution in [-0.4, -0.2) is 17.5 Å². The lowest BCUT2D eigenvalue weighted by atomic mass is 10.4. The van der Waals surface area contributed by atoms with Crippen molar-refractivity contribution in [2.24, 2.45) is 0 Å². The maximum atomic E-state index is 4.55. The van der Waals surface area contributed by atoms with E-state index in [1.54, 1.807) is 0 Å². The van der Waals surface area contributed by atoms with E-state index in [1.807, 2.05) is 6.20 Å². The molecule has 0 aromatic carbocycles. The van der Waals surface area contributed by atoms with Crippen molar-refractivity contribution in [1.29, 1.82) is 0 Å². The third kappa shape index (κ3) is 2.27. The summed E-state index contributed by atoms with van der Waals surface area (Å²) in [5.74, 6) is 0. The van der Waals surface area contributed by atoms with Crippen molar-refractivity contribution in [3.8, 4) is 0 Å². The third-order valence-corrected chi connectivity index (χ3v) is 11.9. The molecule has 110 valence electrons. The first-order valence-corrected chi connectivity index (χ1v) is 10.4. The molecule has 0 atom stereocenters. The van der Waals surface area contributed by atoms with Gasteiger partial charge in [0.1, 0.15) is 0 Å². The van der Waals surface area contributed by atoms with Gasteiger partial charge < -0.3 is 4.23 Å². The number of aromatic nitrogens is 2. The van der Waals surface area contributed by atoms with Crippen molar-refractivity contribution >= 4 is 35.2 Å². The van der Waals surface area contributed by atoms with Gasteiger partial charge in [0.2, 0.25) is 0 Å². The van der Waals surface area contributed by atoms with Crippen molar-refractivity contribution in [3.05, 3.63) is 29.0 Å². The molecular formula is C16H25BrN2Si. The van der Waals surface area contributed by atoms with Crippen LogP contribution in [0.1, 0.15) is 41.5 Å². The molecule has 0 saturated heterocycles. The van der Waals surface area contributed by atoms with Crippen molar-refractivity contribution in [2.75, 3.05) is 0 Å². The van der Waals surface area contributed by atoms with Gasteiger partial charge in [-0.2, -0.15) is 0 Å². The summed E-state index contributed by atoms with van der Waals surface area (Å²) >= 11 is 3.57. The van der Waals surface area contributed by atoms with Crippen LogP contribution < -0.4 is 0 Å². The number of nitrogens with zero attached hydrogens (tertiary/aromatic N) is 2. The second-order valence-corrected chi connectivity index (χ2v) is 13.2. The summed E-state index contributed by atoms with van der Waals surface area (Å²) in [5.41, 5.74) is 4.46. The van der Waals surface area contributed by atoms with Crippen LogP contribution in [-0.2, 0) is 0 Å². The molecule has 2 nitrogen and oxygen atoms in total. The molecule has 0 spiro atoms. The minimum absolute atomic E-state index is 0.692. The SMILES string of the molecule is CC(C)[Si](C(C)C)(C(C)C)n1ccc2ncc(Br)cc21. The number of hydrogen-bond donors (Lipinski definition) is 0. The molecule has 2 aromatic rings. The van der Waals surface area contributed by atoms with E-state index in [9.17, 15) is 0 Å². The predicted octanol–water partition coefficient (Wildman–Crippen LogP) is 5.82. The van der Waals surface area contributed by atoms with Crippen LogP contribution in [0.3, 0.4) is 0 Å². The average Bonchev–Trinajstić information content (AvgIpc) is 2.72. The van der Waals surface area contributed by atoms with Crippen molar-refractivity contribution < 1.29 is 0 Å². The zero-order valence-corrected chi connectivity index (χ0v) is 15.9. The van der Waals surface area contributed by atoms with Crippen molar-refractivity contribution in [2.45, 2.75) is 58.2 Å². The number of halogens is 1. The number of rotatable bonds is 4. The minimum Gasteiger partial charge on any atom is -0.372 e. The van der Waals surface area contributed by atoms with Gasteiger partial charge in [0, 0.05) is 10.7 Å². The number of fused-ring (bicyclic) bond motifs is 1. The lowest BCUT2D eigenvalue weighted by Gasteiger charge is -2.44. The Morgan fingerprint density at radius 2 is 1.60 bits per heavy atom. The standard InChI is InChI=1S/C16H25BrN2Si/c1-11(2)20(12(3)4,13(5)6)19-8-7-15-16(19)9-14(17)10-18-15/h7-13H,1-6H3. The van der Waals surface area contributed by atoms with Gasteiger partial charge in [-0.3, -0.25) is 4.98 Å². The minimum atomic E-state index is -1.68. The topological polar surface area (TPSA) is 17.8 Å². The Hall–Kier alpha value is -0.613. The van der Waals surface area contributed by atoms with Crippen LogP contribution >= 0.6 is 15.9 Å². The molecule has 20 heavy (non-hydrogen) atoms. The second kappa shape index (κ2) is 5.64. The molecule has 2 rings (SSSR count). The molecular weight excluding hydrogens is 328 g/mol. The van der Waals surface area contributed by atoms with Crippen LogP contribution in [0.5, 0.6) is 0 Å². The number of pyridine rings is 1. The van der Waals surface area contributed by atoms with Gasteiger partial charge in [0.05, 0.1) is 11.0 Å². The maximum Gasteiger partial charge on any atom is 0.169 e.